The maximum Gasteiger partial charge on any atom is 0.261 e. The third-order valence-electron chi connectivity index (χ3n) is 6.41. The van der Waals surface area contributed by atoms with Gasteiger partial charge in [0.2, 0.25) is 5.91 Å². The molecule has 6 heteroatoms. The number of halogens is 1. The summed E-state index contributed by atoms with van der Waals surface area (Å²) >= 11 is 6.25. The normalized spacial score (nSPS) is 12.6. The third kappa shape index (κ3) is 8.36. The first-order valence-corrected chi connectivity index (χ1v) is 13.3. The molecule has 2 amide bonds. The molecule has 0 saturated heterocycles. The van der Waals surface area contributed by atoms with E-state index in [0.717, 1.165) is 23.1 Å². The van der Waals surface area contributed by atoms with Crippen molar-refractivity contribution in [2.75, 3.05) is 6.61 Å². The Kier molecular flexibility index (Phi) is 10.6. The van der Waals surface area contributed by atoms with Crippen LogP contribution in [0.2, 0.25) is 5.02 Å². The average Bonchev–Trinajstić information content (AvgIpc) is 2.89. The molecular weight excluding hydrogens is 484 g/mol. The molecule has 0 fully saturated rings. The Hall–Kier alpha value is -3.31. The molecule has 0 unspecified atom stereocenters. The first kappa shape index (κ1) is 28.3. The Bertz CT molecular complexity index is 1170. The summed E-state index contributed by atoms with van der Waals surface area (Å²) in [5.74, 6) is 0.480. The monoisotopic (exact) mass is 520 g/mol. The minimum atomic E-state index is -0.716. The number of hydrogen-bond donors (Lipinski definition) is 1. The van der Waals surface area contributed by atoms with Gasteiger partial charge < -0.3 is 15.0 Å². The Morgan fingerprint density at radius 3 is 2.27 bits per heavy atom. The summed E-state index contributed by atoms with van der Waals surface area (Å²) in [6.45, 7) is 8.22. The van der Waals surface area contributed by atoms with Gasteiger partial charge in [-0.2, -0.15) is 0 Å². The van der Waals surface area contributed by atoms with E-state index in [1.165, 1.54) is 0 Å². The average molecular weight is 521 g/mol. The number of para-hydroxylation sites is 1. The van der Waals surface area contributed by atoms with Gasteiger partial charge in [-0.1, -0.05) is 93.0 Å². The van der Waals surface area contributed by atoms with Crippen LogP contribution >= 0.6 is 11.6 Å². The molecule has 0 aromatic heterocycles. The van der Waals surface area contributed by atoms with Crippen LogP contribution in [0.15, 0.2) is 78.9 Å². The molecular formula is C31H37ClN2O3. The predicted octanol–water partition coefficient (Wildman–Crippen LogP) is 6.40. The zero-order chi connectivity index (χ0) is 26.8. The zero-order valence-electron chi connectivity index (χ0n) is 22.1. The molecule has 0 heterocycles. The van der Waals surface area contributed by atoms with Gasteiger partial charge in [0.1, 0.15) is 11.8 Å². The fraction of sp³-hybridized carbons (Fsp3) is 0.355. The molecule has 5 nitrogen and oxygen atoms in total. The van der Waals surface area contributed by atoms with Crippen molar-refractivity contribution < 1.29 is 14.3 Å². The molecule has 0 aliphatic heterocycles. The van der Waals surface area contributed by atoms with E-state index in [1.54, 1.807) is 11.0 Å². The number of benzene rings is 3. The van der Waals surface area contributed by atoms with Gasteiger partial charge in [-0.15, -0.1) is 0 Å². The highest BCUT2D eigenvalue weighted by molar-refractivity contribution is 6.30. The van der Waals surface area contributed by atoms with Crippen LogP contribution in [0.1, 0.15) is 56.7 Å². The number of hydrogen-bond acceptors (Lipinski definition) is 3. The number of nitrogens with one attached hydrogen (secondary N) is 1. The van der Waals surface area contributed by atoms with Gasteiger partial charge >= 0.3 is 0 Å². The molecule has 0 aliphatic carbocycles. The lowest BCUT2D eigenvalue weighted by Crippen LogP contribution is -2.53. The quantitative estimate of drug-likeness (QED) is 0.301. The molecule has 0 saturated carbocycles. The lowest BCUT2D eigenvalue weighted by molar-refractivity contribution is -0.143. The van der Waals surface area contributed by atoms with Crippen LogP contribution in [0, 0.1) is 0 Å². The number of carbonyl (C=O) groups excluding carboxylic acids is 2. The van der Waals surface area contributed by atoms with Crippen molar-refractivity contribution in [3.05, 3.63) is 101 Å². The molecule has 0 spiro atoms. The van der Waals surface area contributed by atoms with E-state index in [1.807, 2.05) is 86.6 Å². The molecule has 3 aromatic carbocycles. The minimum absolute atomic E-state index is 0.0111. The van der Waals surface area contributed by atoms with Crippen molar-refractivity contribution in [1.29, 1.82) is 0 Å². The summed E-state index contributed by atoms with van der Waals surface area (Å²) < 4.78 is 6.04. The third-order valence-corrected chi connectivity index (χ3v) is 6.64. The lowest BCUT2D eigenvalue weighted by atomic mass is 10.0. The Labute approximate surface area is 225 Å². The van der Waals surface area contributed by atoms with Crippen molar-refractivity contribution in [2.45, 2.75) is 65.1 Å². The van der Waals surface area contributed by atoms with Crippen LogP contribution in [0.5, 0.6) is 5.75 Å². The van der Waals surface area contributed by atoms with Crippen molar-refractivity contribution in [3.8, 4) is 5.75 Å². The van der Waals surface area contributed by atoms with E-state index in [0.29, 0.717) is 17.2 Å². The number of amides is 2. The Morgan fingerprint density at radius 2 is 1.59 bits per heavy atom. The first-order chi connectivity index (χ1) is 17.8. The summed E-state index contributed by atoms with van der Waals surface area (Å²) in [7, 11) is 0. The van der Waals surface area contributed by atoms with Gasteiger partial charge in [0.25, 0.3) is 5.91 Å². The van der Waals surface area contributed by atoms with Crippen LogP contribution in [0.3, 0.4) is 0 Å². The van der Waals surface area contributed by atoms with Gasteiger partial charge in [-0.05, 0) is 54.2 Å². The van der Waals surface area contributed by atoms with Crippen molar-refractivity contribution >= 4 is 23.4 Å². The maximum atomic E-state index is 13.8. The number of carbonyl (C=O) groups is 2. The largest absolute Gasteiger partial charge is 0.483 e. The van der Waals surface area contributed by atoms with Gasteiger partial charge in [-0.3, -0.25) is 9.59 Å². The van der Waals surface area contributed by atoms with Crippen LogP contribution in [0.4, 0.5) is 0 Å². The van der Waals surface area contributed by atoms with E-state index in [-0.39, 0.29) is 36.9 Å². The highest BCUT2D eigenvalue weighted by Gasteiger charge is 2.31. The molecule has 2 atom stereocenters. The summed E-state index contributed by atoms with van der Waals surface area (Å²) in [5, 5.41) is 3.66. The van der Waals surface area contributed by atoms with E-state index < -0.39 is 6.04 Å². The molecule has 196 valence electrons. The second kappa shape index (κ2) is 13.8. The van der Waals surface area contributed by atoms with Gasteiger partial charge in [0.05, 0.1) is 0 Å². The van der Waals surface area contributed by atoms with E-state index >= 15 is 0 Å². The molecule has 3 rings (SSSR count). The highest BCUT2D eigenvalue weighted by atomic mass is 35.5. The van der Waals surface area contributed by atoms with Gasteiger partial charge in [-0.25, -0.2) is 0 Å². The van der Waals surface area contributed by atoms with E-state index in [2.05, 4.69) is 19.2 Å². The second-order valence-corrected chi connectivity index (χ2v) is 10.1. The number of nitrogens with zero attached hydrogens (tertiary/aromatic N) is 1. The maximum absolute atomic E-state index is 13.8. The Balaban J connectivity index is 1.94. The smallest absolute Gasteiger partial charge is 0.261 e. The van der Waals surface area contributed by atoms with Crippen molar-refractivity contribution in [2.24, 2.45) is 0 Å². The van der Waals surface area contributed by atoms with Crippen LogP contribution in [-0.4, -0.2) is 35.4 Å². The molecule has 3 aromatic rings. The standard InChI is InChI=1S/C31H37ClN2O3/c1-5-23(4)33-31(36)28(19-24-12-7-6-8-13-24)34(20-25-14-11-15-26(32)18-25)30(35)21-37-29-17-10-9-16-27(29)22(2)3/h6-18,22-23,28H,5,19-21H2,1-4H3,(H,33,36)/t23-,28-/m1/s1. The molecule has 1 N–H and O–H groups in total. The van der Waals surface area contributed by atoms with Gasteiger partial charge in [0, 0.05) is 24.0 Å². The molecule has 0 bridgehead atoms. The van der Waals surface area contributed by atoms with Crippen molar-refractivity contribution in [1.82, 2.24) is 10.2 Å². The molecule has 0 radical (unpaired) electrons. The fourth-order valence-corrected chi connectivity index (χ4v) is 4.35. The predicted molar refractivity (Wildman–Crippen MR) is 150 cm³/mol. The first-order valence-electron chi connectivity index (χ1n) is 12.9. The van der Waals surface area contributed by atoms with Crippen molar-refractivity contribution in [3.63, 3.8) is 0 Å². The van der Waals surface area contributed by atoms with Crippen LogP contribution in [-0.2, 0) is 22.6 Å². The number of ether oxygens (including phenoxy) is 1. The summed E-state index contributed by atoms with van der Waals surface area (Å²) in [4.78, 5) is 29.0. The van der Waals surface area contributed by atoms with Gasteiger partial charge in [0.15, 0.2) is 6.61 Å². The Morgan fingerprint density at radius 1 is 0.919 bits per heavy atom. The zero-order valence-corrected chi connectivity index (χ0v) is 22.9. The van der Waals surface area contributed by atoms with E-state index in [9.17, 15) is 9.59 Å². The molecule has 37 heavy (non-hydrogen) atoms. The fourth-order valence-electron chi connectivity index (χ4n) is 4.14. The topological polar surface area (TPSA) is 58.6 Å². The van der Waals surface area contributed by atoms with E-state index in [4.69, 9.17) is 16.3 Å². The summed E-state index contributed by atoms with van der Waals surface area (Å²) in [5.41, 5.74) is 2.85. The second-order valence-electron chi connectivity index (χ2n) is 9.66. The number of rotatable bonds is 12. The summed E-state index contributed by atoms with van der Waals surface area (Å²) in [6, 6.07) is 24.1. The summed E-state index contributed by atoms with van der Waals surface area (Å²) in [6.07, 6.45) is 1.18. The minimum Gasteiger partial charge on any atom is -0.483 e. The lowest BCUT2D eigenvalue weighted by Gasteiger charge is -2.32. The van der Waals surface area contributed by atoms with Crippen LogP contribution < -0.4 is 10.1 Å². The molecule has 0 aliphatic rings. The SMILES string of the molecule is CC[C@@H](C)NC(=O)[C@@H](Cc1ccccc1)N(Cc1cccc(Cl)c1)C(=O)COc1ccccc1C(C)C. The highest BCUT2D eigenvalue weighted by Crippen LogP contribution is 2.26. The van der Waals surface area contributed by atoms with Crippen LogP contribution in [0.25, 0.3) is 0 Å².